The van der Waals surface area contributed by atoms with Crippen molar-refractivity contribution in [2.45, 2.75) is 38.6 Å². The van der Waals surface area contributed by atoms with E-state index < -0.39 is 0 Å². The Morgan fingerprint density at radius 3 is 2.85 bits per heavy atom. The quantitative estimate of drug-likeness (QED) is 0.750. The lowest BCUT2D eigenvalue weighted by Gasteiger charge is -2.30. The second-order valence-electron chi connectivity index (χ2n) is 7.07. The number of hydrogen-bond acceptors (Lipinski definition) is 4. The molecule has 0 aliphatic carbocycles. The Kier molecular flexibility index (Phi) is 4.75. The summed E-state index contributed by atoms with van der Waals surface area (Å²) in [6.45, 7) is 2.70. The van der Waals surface area contributed by atoms with Gasteiger partial charge in [0.1, 0.15) is 0 Å². The first kappa shape index (κ1) is 17.5. The molecule has 1 atom stereocenters. The number of hydrogen-bond donors (Lipinski definition) is 1. The van der Waals surface area contributed by atoms with E-state index in [1.807, 2.05) is 37.1 Å². The van der Waals surface area contributed by atoms with Crippen LogP contribution in [-0.4, -0.2) is 37.2 Å². The summed E-state index contributed by atoms with van der Waals surface area (Å²) in [6, 6.07) is 5.95. The van der Waals surface area contributed by atoms with E-state index in [4.69, 9.17) is 0 Å². The number of likely N-dealkylation sites (tertiary alicyclic amines) is 1. The van der Waals surface area contributed by atoms with Crippen LogP contribution in [0.1, 0.15) is 43.0 Å². The standard InChI is InChI=1S/C20H24N6O/c1-14-17-12-16(13-22-19(17)25(2)24-14)23-20(27)26-11-5-3-4-6-18(26)15-7-9-21-10-8-15/h7-10,12-13,18H,3-6,11H2,1-2H3,(H,23,27). The predicted octanol–water partition coefficient (Wildman–Crippen LogP) is 3.82. The Bertz CT molecular complexity index is 952. The molecular formula is C20H24N6O. The number of rotatable bonds is 2. The van der Waals surface area contributed by atoms with Crippen molar-refractivity contribution in [1.29, 1.82) is 0 Å². The Hall–Kier alpha value is -2.96. The Morgan fingerprint density at radius 1 is 1.22 bits per heavy atom. The number of urea groups is 1. The molecule has 1 aliphatic rings. The third kappa shape index (κ3) is 3.49. The molecule has 1 saturated heterocycles. The van der Waals surface area contributed by atoms with Crippen molar-refractivity contribution < 1.29 is 4.79 Å². The molecule has 4 heterocycles. The smallest absolute Gasteiger partial charge is 0.317 e. The molecule has 0 spiro atoms. The first-order valence-electron chi connectivity index (χ1n) is 9.40. The van der Waals surface area contributed by atoms with Crippen LogP contribution >= 0.6 is 0 Å². The monoisotopic (exact) mass is 364 g/mol. The molecule has 1 unspecified atom stereocenters. The van der Waals surface area contributed by atoms with Crippen LogP contribution in [0.15, 0.2) is 36.8 Å². The van der Waals surface area contributed by atoms with Crippen molar-refractivity contribution in [2.24, 2.45) is 7.05 Å². The van der Waals surface area contributed by atoms with Gasteiger partial charge in [-0.25, -0.2) is 9.78 Å². The molecule has 3 aromatic rings. The maximum absolute atomic E-state index is 13.1. The summed E-state index contributed by atoms with van der Waals surface area (Å²) in [7, 11) is 1.87. The zero-order valence-corrected chi connectivity index (χ0v) is 15.7. The van der Waals surface area contributed by atoms with Crippen LogP contribution in [-0.2, 0) is 7.05 Å². The van der Waals surface area contributed by atoms with Gasteiger partial charge in [-0.3, -0.25) is 9.67 Å². The summed E-state index contributed by atoms with van der Waals surface area (Å²) in [5, 5.41) is 8.38. The van der Waals surface area contributed by atoms with Gasteiger partial charge in [-0.15, -0.1) is 0 Å². The van der Waals surface area contributed by atoms with Gasteiger partial charge in [0, 0.05) is 31.4 Å². The maximum atomic E-state index is 13.1. The number of carbonyl (C=O) groups excluding carboxylic acids is 1. The number of anilines is 1. The molecule has 140 valence electrons. The Balaban J connectivity index is 1.59. The fourth-order valence-electron chi connectivity index (χ4n) is 3.86. The summed E-state index contributed by atoms with van der Waals surface area (Å²) in [5.74, 6) is 0. The van der Waals surface area contributed by atoms with Gasteiger partial charge >= 0.3 is 6.03 Å². The lowest BCUT2D eigenvalue weighted by molar-refractivity contribution is 0.189. The van der Waals surface area contributed by atoms with Crippen LogP contribution in [0.4, 0.5) is 10.5 Å². The van der Waals surface area contributed by atoms with Crippen molar-refractivity contribution in [3.05, 3.63) is 48.0 Å². The first-order chi connectivity index (χ1) is 13.1. The fourth-order valence-corrected chi connectivity index (χ4v) is 3.86. The highest BCUT2D eigenvalue weighted by Crippen LogP contribution is 2.30. The van der Waals surface area contributed by atoms with Crippen molar-refractivity contribution in [3.63, 3.8) is 0 Å². The molecule has 2 amide bonds. The average Bonchev–Trinajstić information content (AvgIpc) is 2.86. The van der Waals surface area contributed by atoms with Gasteiger partial charge < -0.3 is 10.2 Å². The number of pyridine rings is 2. The van der Waals surface area contributed by atoms with Crippen LogP contribution in [0.3, 0.4) is 0 Å². The normalized spacial score (nSPS) is 17.7. The number of aryl methyl sites for hydroxylation is 2. The predicted molar refractivity (Wildman–Crippen MR) is 104 cm³/mol. The van der Waals surface area contributed by atoms with E-state index >= 15 is 0 Å². The van der Waals surface area contributed by atoms with Gasteiger partial charge in [0.2, 0.25) is 0 Å². The number of carbonyl (C=O) groups is 1. The molecule has 27 heavy (non-hydrogen) atoms. The van der Waals surface area contributed by atoms with Crippen LogP contribution in [0.25, 0.3) is 11.0 Å². The van der Waals surface area contributed by atoms with E-state index in [0.717, 1.165) is 54.5 Å². The van der Waals surface area contributed by atoms with Crippen LogP contribution < -0.4 is 5.32 Å². The molecule has 4 rings (SSSR count). The molecule has 1 N–H and O–H groups in total. The number of amides is 2. The topological polar surface area (TPSA) is 75.9 Å². The SMILES string of the molecule is Cc1nn(C)c2ncc(NC(=O)N3CCCCCC3c3ccncc3)cc12. The summed E-state index contributed by atoms with van der Waals surface area (Å²) >= 11 is 0. The van der Waals surface area contributed by atoms with Crippen molar-refractivity contribution in [3.8, 4) is 0 Å². The minimum absolute atomic E-state index is 0.0762. The van der Waals surface area contributed by atoms with Gasteiger partial charge in [0.15, 0.2) is 5.65 Å². The van der Waals surface area contributed by atoms with Gasteiger partial charge in [0.05, 0.1) is 23.6 Å². The largest absolute Gasteiger partial charge is 0.322 e. The van der Waals surface area contributed by atoms with Gasteiger partial charge in [-0.05, 0) is 43.5 Å². The average molecular weight is 364 g/mol. The van der Waals surface area contributed by atoms with Crippen LogP contribution in [0.2, 0.25) is 0 Å². The van der Waals surface area contributed by atoms with E-state index in [1.54, 1.807) is 23.3 Å². The van der Waals surface area contributed by atoms with Crippen LogP contribution in [0.5, 0.6) is 0 Å². The minimum Gasteiger partial charge on any atom is -0.317 e. The highest BCUT2D eigenvalue weighted by molar-refractivity contribution is 5.92. The molecular weight excluding hydrogens is 340 g/mol. The Labute approximate surface area is 158 Å². The fraction of sp³-hybridized carbons (Fsp3) is 0.400. The van der Waals surface area contributed by atoms with E-state index in [9.17, 15) is 4.79 Å². The zero-order valence-electron chi connectivity index (χ0n) is 15.7. The van der Waals surface area contributed by atoms with Crippen molar-refractivity contribution in [2.75, 3.05) is 11.9 Å². The van der Waals surface area contributed by atoms with Crippen LogP contribution in [0, 0.1) is 6.92 Å². The summed E-state index contributed by atoms with van der Waals surface area (Å²) in [6.07, 6.45) is 9.54. The number of fused-ring (bicyclic) bond motifs is 1. The van der Waals surface area contributed by atoms with Gasteiger partial charge in [-0.1, -0.05) is 12.8 Å². The second-order valence-corrected chi connectivity index (χ2v) is 7.07. The third-order valence-electron chi connectivity index (χ3n) is 5.22. The lowest BCUT2D eigenvalue weighted by atomic mass is 10.0. The molecule has 0 saturated carbocycles. The zero-order chi connectivity index (χ0) is 18.8. The second kappa shape index (κ2) is 7.34. The molecule has 3 aromatic heterocycles. The summed E-state index contributed by atoms with van der Waals surface area (Å²) in [4.78, 5) is 23.6. The van der Waals surface area contributed by atoms with Gasteiger partial charge in [-0.2, -0.15) is 5.10 Å². The molecule has 7 nitrogen and oxygen atoms in total. The third-order valence-corrected chi connectivity index (χ3v) is 5.22. The number of nitrogens with one attached hydrogen (secondary N) is 1. The lowest BCUT2D eigenvalue weighted by Crippen LogP contribution is -2.38. The summed E-state index contributed by atoms with van der Waals surface area (Å²) in [5.41, 5.74) is 3.55. The molecule has 1 aliphatic heterocycles. The highest BCUT2D eigenvalue weighted by Gasteiger charge is 2.27. The number of nitrogens with zero attached hydrogens (tertiary/aromatic N) is 5. The Morgan fingerprint density at radius 2 is 2.04 bits per heavy atom. The highest BCUT2D eigenvalue weighted by atomic mass is 16.2. The van der Waals surface area contributed by atoms with Crippen molar-refractivity contribution >= 4 is 22.8 Å². The molecule has 0 aromatic carbocycles. The number of aromatic nitrogens is 4. The van der Waals surface area contributed by atoms with E-state index in [1.165, 1.54) is 0 Å². The molecule has 0 radical (unpaired) electrons. The first-order valence-corrected chi connectivity index (χ1v) is 9.40. The van der Waals surface area contributed by atoms with Gasteiger partial charge in [0.25, 0.3) is 0 Å². The molecule has 7 heteroatoms. The van der Waals surface area contributed by atoms with E-state index in [-0.39, 0.29) is 12.1 Å². The molecule has 1 fully saturated rings. The maximum Gasteiger partial charge on any atom is 0.322 e. The van der Waals surface area contributed by atoms with E-state index in [2.05, 4.69) is 20.4 Å². The minimum atomic E-state index is -0.0820. The summed E-state index contributed by atoms with van der Waals surface area (Å²) < 4.78 is 1.75. The van der Waals surface area contributed by atoms with Crippen molar-refractivity contribution in [1.82, 2.24) is 24.6 Å². The molecule has 0 bridgehead atoms. The van der Waals surface area contributed by atoms with E-state index in [0.29, 0.717) is 5.69 Å².